The normalized spacial score (nSPS) is 13.9. The zero-order valence-electron chi connectivity index (χ0n) is 16.5. The van der Waals surface area contributed by atoms with Crippen LogP contribution in [0.15, 0.2) is 53.3 Å². The Kier molecular flexibility index (Phi) is 6.63. The highest BCUT2D eigenvalue weighted by molar-refractivity contribution is 5.77. The second kappa shape index (κ2) is 9.95. The Labute approximate surface area is 174 Å². The average Bonchev–Trinajstić information content (AvgIpc) is 3.28. The molecule has 0 spiro atoms. The Balaban J connectivity index is 1.20. The number of hydrogen-bond donors (Lipinski definition) is 1. The Hall–Kier alpha value is -3.30. The van der Waals surface area contributed by atoms with Gasteiger partial charge in [0.25, 0.3) is 5.91 Å². The third kappa shape index (κ3) is 5.40. The molecular formula is C21H23N5O4. The van der Waals surface area contributed by atoms with Crippen LogP contribution in [0.4, 0.5) is 0 Å². The number of rotatable bonds is 8. The highest BCUT2D eigenvalue weighted by Crippen LogP contribution is 2.14. The highest BCUT2D eigenvalue weighted by Gasteiger charge is 2.17. The lowest BCUT2D eigenvalue weighted by molar-refractivity contribution is -0.137. The second-order valence-corrected chi connectivity index (χ2v) is 6.78. The lowest BCUT2D eigenvalue weighted by Gasteiger charge is -2.26. The summed E-state index contributed by atoms with van der Waals surface area (Å²) >= 11 is 0. The Bertz CT molecular complexity index is 940. The first-order valence-electron chi connectivity index (χ1n) is 9.79. The fraction of sp³-hybridized carbons (Fsp3) is 0.333. The van der Waals surface area contributed by atoms with Crippen LogP contribution in [-0.4, -0.2) is 58.8 Å². The molecule has 1 saturated heterocycles. The molecule has 1 N–H and O–H groups in total. The molecule has 1 fully saturated rings. The molecule has 0 bridgehead atoms. The van der Waals surface area contributed by atoms with Gasteiger partial charge in [0, 0.05) is 37.6 Å². The van der Waals surface area contributed by atoms with Crippen molar-refractivity contribution in [1.82, 2.24) is 25.3 Å². The first-order valence-corrected chi connectivity index (χ1v) is 9.79. The molecule has 1 aromatic carbocycles. The van der Waals surface area contributed by atoms with Crippen LogP contribution >= 0.6 is 0 Å². The minimum absolute atomic E-state index is 0.0192. The molecule has 4 rings (SSSR count). The van der Waals surface area contributed by atoms with Gasteiger partial charge in [0.2, 0.25) is 11.7 Å². The first kappa shape index (κ1) is 20.0. The summed E-state index contributed by atoms with van der Waals surface area (Å²) in [6.45, 7) is 3.54. The fourth-order valence-electron chi connectivity index (χ4n) is 3.01. The maximum Gasteiger partial charge on any atom is 0.260 e. The van der Waals surface area contributed by atoms with Gasteiger partial charge in [0.1, 0.15) is 5.75 Å². The lowest BCUT2D eigenvalue weighted by Crippen LogP contribution is -2.42. The van der Waals surface area contributed by atoms with Crippen LogP contribution in [0.25, 0.3) is 11.4 Å². The molecule has 0 saturated carbocycles. The minimum atomic E-state index is -0.0192. The van der Waals surface area contributed by atoms with E-state index in [0.717, 1.165) is 11.1 Å². The number of nitrogens with zero attached hydrogens (tertiary/aromatic N) is 4. The molecule has 156 valence electrons. The van der Waals surface area contributed by atoms with Crippen LogP contribution in [0.3, 0.4) is 0 Å². The number of ether oxygens (including phenoxy) is 2. The standard InChI is InChI=1S/C21H23N5O4/c27-20(26-8-10-28-11-9-26)15-29-18-5-3-16(4-6-18)12-23-14-19-24-21(25-30-19)17-2-1-7-22-13-17/h1-7,13,23H,8-12,14-15H2. The number of carbonyl (C=O) groups is 1. The summed E-state index contributed by atoms with van der Waals surface area (Å²) in [5.74, 6) is 1.68. The van der Waals surface area contributed by atoms with Crippen LogP contribution in [0.1, 0.15) is 11.5 Å². The summed E-state index contributed by atoms with van der Waals surface area (Å²) in [4.78, 5) is 22.3. The van der Waals surface area contributed by atoms with Crippen molar-refractivity contribution in [3.63, 3.8) is 0 Å². The summed E-state index contributed by atoms with van der Waals surface area (Å²) in [5.41, 5.74) is 1.89. The van der Waals surface area contributed by atoms with Crippen molar-refractivity contribution in [3.8, 4) is 17.1 Å². The van der Waals surface area contributed by atoms with Crippen molar-refractivity contribution in [2.75, 3.05) is 32.9 Å². The Morgan fingerprint density at radius 2 is 1.97 bits per heavy atom. The number of nitrogens with one attached hydrogen (secondary N) is 1. The third-order valence-corrected chi connectivity index (χ3v) is 4.64. The zero-order valence-corrected chi connectivity index (χ0v) is 16.5. The number of pyridine rings is 1. The molecule has 9 heteroatoms. The number of carbonyl (C=O) groups excluding carboxylic acids is 1. The number of benzene rings is 1. The van der Waals surface area contributed by atoms with E-state index in [0.29, 0.717) is 56.9 Å². The molecule has 0 atom stereocenters. The largest absolute Gasteiger partial charge is 0.484 e. The first-order chi connectivity index (χ1) is 14.8. The van der Waals surface area contributed by atoms with Crippen LogP contribution in [-0.2, 0) is 22.6 Å². The van der Waals surface area contributed by atoms with Gasteiger partial charge in [-0.25, -0.2) is 0 Å². The summed E-state index contributed by atoms with van der Waals surface area (Å²) in [6.07, 6.45) is 3.39. The van der Waals surface area contributed by atoms with Crippen LogP contribution < -0.4 is 10.1 Å². The summed E-state index contributed by atoms with van der Waals surface area (Å²) in [7, 11) is 0. The third-order valence-electron chi connectivity index (χ3n) is 4.64. The van der Waals surface area contributed by atoms with Gasteiger partial charge in [-0.15, -0.1) is 0 Å². The molecule has 0 radical (unpaired) electrons. The average molecular weight is 409 g/mol. The van der Waals surface area contributed by atoms with E-state index in [2.05, 4.69) is 20.4 Å². The van der Waals surface area contributed by atoms with Gasteiger partial charge >= 0.3 is 0 Å². The van der Waals surface area contributed by atoms with Crippen molar-refractivity contribution in [2.45, 2.75) is 13.1 Å². The number of morpholine rings is 1. The minimum Gasteiger partial charge on any atom is -0.484 e. The van der Waals surface area contributed by atoms with Crippen LogP contribution in [0, 0.1) is 0 Å². The molecule has 3 aromatic rings. The molecule has 30 heavy (non-hydrogen) atoms. The predicted molar refractivity (Wildman–Crippen MR) is 107 cm³/mol. The molecule has 1 amide bonds. The molecule has 9 nitrogen and oxygen atoms in total. The van der Waals surface area contributed by atoms with Crippen molar-refractivity contribution in [1.29, 1.82) is 0 Å². The second-order valence-electron chi connectivity index (χ2n) is 6.78. The molecule has 0 unspecified atom stereocenters. The number of hydrogen-bond acceptors (Lipinski definition) is 8. The van der Waals surface area contributed by atoms with Gasteiger partial charge in [-0.2, -0.15) is 4.98 Å². The fourth-order valence-corrected chi connectivity index (χ4v) is 3.01. The maximum atomic E-state index is 12.1. The molecule has 0 aliphatic carbocycles. The van der Waals surface area contributed by atoms with E-state index >= 15 is 0 Å². The summed E-state index contributed by atoms with van der Waals surface area (Å²) in [5, 5.41) is 7.24. The van der Waals surface area contributed by atoms with Gasteiger partial charge in [-0.05, 0) is 29.8 Å². The molecular weight excluding hydrogens is 386 g/mol. The maximum absolute atomic E-state index is 12.1. The van der Waals surface area contributed by atoms with Crippen molar-refractivity contribution >= 4 is 5.91 Å². The van der Waals surface area contributed by atoms with Crippen molar-refractivity contribution in [2.24, 2.45) is 0 Å². The molecule has 2 aromatic heterocycles. The van der Waals surface area contributed by atoms with Gasteiger partial charge in [0.15, 0.2) is 6.61 Å². The highest BCUT2D eigenvalue weighted by atomic mass is 16.5. The van der Waals surface area contributed by atoms with Crippen molar-refractivity contribution < 1.29 is 18.8 Å². The summed E-state index contributed by atoms with van der Waals surface area (Å²) in [6, 6.07) is 11.3. The number of amides is 1. The zero-order chi connectivity index (χ0) is 20.6. The monoisotopic (exact) mass is 409 g/mol. The van der Waals surface area contributed by atoms with Gasteiger partial charge < -0.3 is 24.2 Å². The van der Waals surface area contributed by atoms with Crippen LogP contribution in [0.5, 0.6) is 5.75 Å². The van der Waals surface area contributed by atoms with Gasteiger partial charge in [-0.1, -0.05) is 17.3 Å². The van der Waals surface area contributed by atoms with E-state index in [1.54, 1.807) is 17.3 Å². The Morgan fingerprint density at radius 1 is 1.13 bits per heavy atom. The molecule has 1 aliphatic heterocycles. The molecule has 3 heterocycles. The quantitative estimate of drug-likeness (QED) is 0.599. The van der Waals surface area contributed by atoms with E-state index in [-0.39, 0.29) is 12.5 Å². The van der Waals surface area contributed by atoms with Crippen molar-refractivity contribution in [3.05, 3.63) is 60.2 Å². The van der Waals surface area contributed by atoms with Crippen LogP contribution in [0.2, 0.25) is 0 Å². The summed E-state index contributed by atoms with van der Waals surface area (Å²) < 4.78 is 16.1. The predicted octanol–water partition coefficient (Wildman–Crippen LogP) is 1.66. The topological polar surface area (TPSA) is 103 Å². The van der Waals surface area contributed by atoms with E-state index in [9.17, 15) is 4.79 Å². The number of aromatic nitrogens is 3. The lowest BCUT2D eigenvalue weighted by atomic mass is 10.2. The molecule has 1 aliphatic rings. The van der Waals surface area contributed by atoms with Gasteiger partial charge in [-0.3, -0.25) is 9.78 Å². The smallest absolute Gasteiger partial charge is 0.260 e. The Morgan fingerprint density at radius 3 is 2.73 bits per heavy atom. The van der Waals surface area contributed by atoms with E-state index < -0.39 is 0 Å². The van der Waals surface area contributed by atoms with E-state index in [1.807, 2.05) is 36.4 Å². The van der Waals surface area contributed by atoms with Gasteiger partial charge in [0.05, 0.1) is 19.8 Å². The SMILES string of the molecule is O=C(COc1ccc(CNCc2nc(-c3cccnc3)no2)cc1)N1CCOCC1. The van der Waals surface area contributed by atoms with E-state index in [4.69, 9.17) is 14.0 Å². The van der Waals surface area contributed by atoms with E-state index in [1.165, 1.54) is 0 Å².